The highest BCUT2D eigenvalue weighted by Crippen LogP contribution is 2.23. The number of benzene rings is 1. The molecule has 1 fully saturated rings. The standard InChI is InChI=1S/C14H15N3O3S/c15-14(19)12-7-11(16-20-12)9-1-3-10(4-2-9)17-5-6-21-8-13(17)18/h1-4,12H,5-8H2,(H2,15,19). The van der Waals surface area contributed by atoms with Gasteiger partial charge in [-0.1, -0.05) is 17.3 Å². The van der Waals surface area contributed by atoms with E-state index in [1.54, 1.807) is 16.7 Å². The van der Waals surface area contributed by atoms with Crippen molar-refractivity contribution in [1.29, 1.82) is 0 Å². The van der Waals surface area contributed by atoms with Gasteiger partial charge in [0.05, 0.1) is 11.5 Å². The average Bonchev–Trinajstić information content (AvgIpc) is 2.98. The molecule has 2 heterocycles. The van der Waals surface area contributed by atoms with Crippen molar-refractivity contribution >= 4 is 35.0 Å². The van der Waals surface area contributed by atoms with Crippen molar-refractivity contribution in [3.63, 3.8) is 0 Å². The van der Waals surface area contributed by atoms with Crippen molar-refractivity contribution in [2.24, 2.45) is 10.9 Å². The Bertz CT molecular complexity index is 600. The fraction of sp³-hybridized carbons (Fsp3) is 0.357. The number of nitrogens with zero attached hydrogens (tertiary/aromatic N) is 2. The van der Waals surface area contributed by atoms with Crippen molar-refractivity contribution < 1.29 is 14.4 Å². The highest BCUT2D eigenvalue weighted by atomic mass is 32.2. The van der Waals surface area contributed by atoms with Crippen molar-refractivity contribution in [1.82, 2.24) is 0 Å². The maximum Gasteiger partial charge on any atom is 0.261 e. The molecule has 21 heavy (non-hydrogen) atoms. The third-order valence-electron chi connectivity index (χ3n) is 3.48. The zero-order valence-corrected chi connectivity index (χ0v) is 12.1. The lowest BCUT2D eigenvalue weighted by atomic mass is 10.0. The quantitative estimate of drug-likeness (QED) is 0.893. The van der Waals surface area contributed by atoms with Crippen LogP contribution in [0.25, 0.3) is 0 Å². The molecule has 0 saturated carbocycles. The maximum atomic E-state index is 11.9. The first-order valence-corrected chi connectivity index (χ1v) is 7.81. The lowest BCUT2D eigenvalue weighted by molar-refractivity contribution is -0.127. The van der Waals surface area contributed by atoms with Crippen molar-refractivity contribution in [3.05, 3.63) is 29.8 Å². The largest absolute Gasteiger partial charge is 0.382 e. The summed E-state index contributed by atoms with van der Waals surface area (Å²) in [6.45, 7) is 0.733. The van der Waals surface area contributed by atoms with Gasteiger partial charge >= 0.3 is 0 Å². The summed E-state index contributed by atoms with van der Waals surface area (Å²) in [7, 11) is 0. The number of amides is 2. The van der Waals surface area contributed by atoms with E-state index in [0.717, 1.165) is 23.5 Å². The van der Waals surface area contributed by atoms with Crippen LogP contribution in [0.3, 0.4) is 0 Å². The lowest BCUT2D eigenvalue weighted by Gasteiger charge is -2.26. The van der Waals surface area contributed by atoms with Crippen LogP contribution in [-0.4, -0.2) is 41.7 Å². The summed E-state index contributed by atoms with van der Waals surface area (Å²) < 4.78 is 0. The molecule has 1 aromatic carbocycles. The number of carbonyl (C=O) groups excluding carboxylic acids is 2. The fourth-order valence-electron chi connectivity index (χ4n) is 2.33. The van der Waals surface area contributed by atoms with Gasteiger partial charge < -0.3 is 15.5 Å². The highest BCUT2D eigenvalue weighted by molar-refractivity contribution is 8.00. The van der Waals surface area contributed by atoms with Crippen LogP contribution in [0, 0.1) is 0 Å². The van der Waals surface area contributed by atoms with Gasteiger partial charge in [0, 0.05) is 24.4 Å². The molecule has 110 valence electrons. The predicted molar refractivity (Wildman–Crippen MR) is 81.3 cm³/mol. The summed E-state index contributed by atoms with van der Waals surface area (Å²) in [5.74, 6) is 1.10. The molecule has 2 N–H and O–H groups in total. The fourth-order valence-corrected chi connectivity index (χ4v) is 3.11. The molecule has 0 spiro atoms. The molecule has 0 aliphatic carbocycles. The van der Waals surface area contributed by atoms with Gasteiger partial charge in [0.15, 0.2) is 0 Å². The van der Waals surface area contributed by atoms with Crippen LogP contribution in [0.4, 0.5) is 5.69 Å². The molecule has 6 nitrogen and oxygen atoms in total. The Morgan fingerprint density at radius 3 is 2.76 bits per heavy atom. The molecule has 1 saturated heterocycles. The van der Waals surface area contributed by atoms with Gasteiger partial charge in [-0.05, 0) is 17.7 Å². The molecule has 1 aromatic rings. The van der Waals surface area contributed by atoms with E-state index in [1.807, 2.05) is 24.3 Å². The molecule has 0 aromatic heterocycles. The number of anilines is 1. The minimum Gasteiger partial charge on any atom is -0.382 e. The zero-order valence-electron chi connectivity index (χ0n) is 11.3. The molecule has 1 atom stereocenters. The van der Waals surface area contributed by atoms with Crippen LogP contribution >= 0.6 is 11.8 Å². The normalized spacial score (nSPS) is 21.9. The first-order valence-electron chi connectivity index (χ1n) is 6.65. The topological polar surface area (TPSA) is 85.0 Å². The van der Waals surface area contributed by atoms with Crippen molar-refractivity contribution in [3.8, 4) is 0 Å². The van der Waals surface area contributed by atoms with E-state index in [9.17, 15) is 9.59 Å². The predicted octanol–water partition coefficient (Wildman–Crippen LogP) is 0.745. The van der Waals surface area contributed by atoms with Crippen LogP contribution in [0.5, 0.6) is 0 Å². The van der Waals surface area contributed by atoms with E-state index in [0.29, 0.717) is 17.9 Å². The Kier molecular flexibility index (Phi) is 3.83. The van der Waals surface area contributed by atoms with Crippen LogP contribution in [0.1, 0.15) is 12.0 Å². The van der Waals surface area contributed by atoms with E-state index in [-0.39, 0.29) is 5.91 Å². The summed E-state index contributed by atoms with van der Waals surface area (Å²) in [5, 5.41) is 3.90. The van der Waals surface area contributed by atoms with Gasteiger partial charge in [-0.3, -0.25) is 9.59 Å². The van der Waals surface area contributed by atoms with Gasteiger partial charge in [0.25, 0.3) is 5.91 Å². The van der Waals surface area contributed by atoms with Crippen LogP contribution in [0.2, 0.25) is 0 Å². The smallest absolute Gasteiger partial charge is 0.261 e. The second kappa shape index (κ2) is 5.77. The van der Waals surface area contributed by atoms with Crippen LogP contribution in [0.15, 0.2) is 29.4 Å². The van der Waals surface area contributed by atoms with E-state index < -0.39 is 12.0 Å². The lowest BCUT2D eigenvalue weighted by Crippen LogP contribution is -2.38. The number of thioether (sulfide) groups is 1. The van der Waals surface area contributed by atoms with Crippen LogP contribution < -0.4 is 10.6 Å². The molecule has 3 rings (SSSR count). The summed E-state index contributed by atoms with van der Waals surface area (Å²) >= 11 is 1.66. The maximum absolute atomic E-state index is 11.9. The monoisotopic (exact) mass is 305 g/mol. The molecule has 0 bridgehead atoms. The number of hydrogen-bond acceptors (Lipinski definition) is 5. The number of oxime groups is 1. The molecule has 0 radical (unpaired) electrons. The molecule has 1 unspecified atom stereocenters. The minimum atomic E-state index is -0.680. The molecular formula is C14H15N3O3S. The summed E-state index contributed by atoms with van der Waals surface area (Å²) in [5.41, 5.74) is 7.65. The highest BCUT2D eigenvalue weighted by Gasteiger charge is 2.27. The zero-order chi connectivity index (χ0) is 14.8. The SMILES string of the molecule is NC(=O)C1CC(c2ccc(N3CCSCC3=O)cc2)=NO1. The Morgan fingerprint density at radius 1 is 1.38 bits per heavy atom. The van der Waals surface area contributed by atoms with Gasteiger partial charge in [-0.2, -0.15) is 11.8 Å². The van der Waals surface area contributed by atoms with Gasteiger partial charge in [-0.15, -0.1) is 0 Å². The summed E-state index contributed by atoms with van der Waals surface area (Å²) in [6.07, 6.45) is -0.297. The molecule has 2 aliphatic heterocycles. The van der Waals surface area contributed by atoms with E-state index in [4.69, 9.17) is 10.6 Å². The summed E-state index contributed by atoms with van der Waals surface area (Å²) in [4.78, 5) is 29.7. The first kappa shape index (κ1) is 13.9. The second-order valence-corrected chi connectivity index (χ2v) is 5.99. The second-order valence-electron chi connectivity index (χ2n) is 4.88. The van der Waals surface area contributed by atoms with Crippen LogP contribution in [-0.2, 0) is 14.4 Å². The Balaban J connectivity index is 1.73. The average molecular weight is 305 g/mol. The van der Waals surface area contributed by atoms with Crippen molar-refractivity contribution in [2.45, 2.75) is 12.5 Å². The first-order chi connectivity index (χ1) is 10.1. The molecular weight excluding hydrogens is 290 g/mol. The van der Waals surface area contributed by atoms with Gasteiger partial charge in [-0.25, -0.2) is 0 Å². The van der Waals surface area contributed by atoms with E-state index >= 15 is 0 Å². The summed E-state index contributed by atoms with van der Waals surface area (Å²) in [6, 6.07) is 7.55. The van der Waals surface area contributed by atoms with Crippen molar-refractivity contribution in [2.75, 3.05) is 23.0 Å². The number of carbonyl (C=O) groups is 2. The van der Waals surface area contributed by atoms with Gasteiger partial charge in [0.1, 0.15) is 0 Å². The molecule has 2 amide bonds. The van der Waals surface area contributed by atoms with E-state index in [2.05, 4.69) is 5.16 Å². The minimum absolute atomic E-state index is 0.134. The van der Waals surface area contributed by atoms with E-state index in [1.165, 1.54) is 0 Å². The third kappa shape index (κ3) is 2.87. The molecule has 2 aliphatic rings. The number of rotatable bonds is 3. The Hall–Kier alpha value is -2.02. The van der Waals surface area contributed by atoms with Gasteiger partial charge in [0.2, 0.25) is 12.0 Å². The Labute approximate surface area is 126 Å². The molecule has 7 heteroatoms. The third-order valence-corrected chi connectivity index (χ3v) is 4.41. The number of primary amides is 1. The number of nitrogens with two attached hydrogens (primary N) is 1. The Morgan fingerprint density at radius 2 is 2.14 bits per heavy atom. The number of hydrogen-bond donors (Lipinski definition) is 1.